The van der Waals surface area contributed by atoms with Crippen LogP contribution in [0.15, 0.2) is 23.4 Å². The Morgan fingerprint density at radius 2 is 1.73 bits per heavy atom. The molecular formula is C36H49ClFN5O6. The molecule has 1 aromatic carbocycles. The molecule has 3 fully saturated rings. The third kappa shape index (κ3) is 8.98. The Labute approximate surface area is 292 Å². The molecule has 4 atom stereocenters. The van der Waals surface area contributed by atoms with Crippen LogP contribution in [0.5, 0.6) is 0 Å². The van der Waals surface area contributed by atoms with E-state index in [1.54, 1.807) is 0 Å². The van der Waals surface area contributed by atoms with Gasteiger partial charge in [0, 0.05) is 31.9 Å². The highest BCUT2D eigenvalue weighted by Gasteiger charge is 2.56. The summed E-state index contributed by atoms with van der Waals surface area (Å²) in [6, 6.07) is 1.14. The van der Waals surface area contributed by atoms with Gasteiger partial charge in [0.15, 0.2) is 5.60 Å². The molecule has 11 nitrogen and oxygen atoms in total. The van der Waals surface area contributed by atoms with Crippen LogP contribution >= 0.6 is 11.6 Å². The van der Waals surface area contributed by atoms with Crippen LogP contribution in [0.4, 0.5) is 4.39 Å². The number of nitrogens with zero attached hydrogens (tertiary/aromatic N) is 2. The van der Waals surface area contributed by atoms with Gasteiger partial charge in [-0.25, -0.2) is 4.39 Å². The Hall–Kier alpha value is -3.54. The molecule has 1 spiro atoms. The SMILES string of the molecule is CNC(=O)C(=O)[C@H](CC1CC1)NC(=O)[C@@H]1C[C@]2(CC(c3ccc(F)c(Cl)c3)=NO2)CN1C(=O)[C@@H](NC(=O)CC1CCCCCC1)C(C)(C)C. The monoisotopic (exact) mass is 701 g/mol. The minimum absolute atomic E-state index is 0.0202. The molecule has 13 heteroatoms. The fourth-order valence-corrected chi connectivity index (χ4v) is 7.47. The summed E-state index contributed by atoms with van der Waals surface area (Å²) >= 11 is 6.04. The molecule has 4 amide bonds. The average molecular weight is 702 g/mol. The van der Waals surface area contributed by atoms with E-state index in [9.17, 15) is 28.4 Å². The maximum atomic E-state index is 14.6. The molecule has 0 radical (unpaired) electrons. The van der Waals surface area contributed by atoms with Gasteiger partial charge in [-0.1, -0.05) is 82.1 Å². The molecule has 2 saturated carbocycles. The van der Waals surface area contributed by atoms with E-state index < -0.39 is 58.5 Å². The van der Waals surface area contributed by atoms with E-state index in [1.165, 1.54) is 43.0 Å². The number of ketones is 1. The van der Waals surface area contributed by atoms with E-state index in [0.29, 0.717) is 24.1 Å². The van der Waals surface area contributed by atoms with Crippen molar-refractivity contribution in [2.24, 2.45) is 22.4 Å². The van der Waals surface area contributed by atoms with E-state index >= 15 is 0 Å². The number of hydrogen-bond donors (Lipinski definition) is 3. The lowest BCUT2D eigenvalue weighted by atomic mass is 9.85. The number of nitrogens with one attached hydrogen (secondary N) is 3. The predicted molar refractivity (Wildman–Crippen MR) is 182 cm³/mol. The van der Waals surface area contributed by atoms with Crippen molar-refractivity contribution in [3.8, 4) is 0 Å². The zero-order valence-corrected chi connectivity index (χ0v) is 29.7. The molecule has 0 bridgehead atoms. The number of carbonyl (C=O) groups excluding carboxylic acids is 5. The first-order valence-electron chi connectivity index (χ1n) is 17.6. The Balaban J connectivity index is 1.40. The van der Waals surface area contributed by atoms with Crippen LogP contribution in [0.25, 0.3) is 0 Å². The normalized spacial score (nSPS) is 24.0. The summed E-state index contributed by atoms with van der Waals surface area (Å²) < 4.78 is 13.9. The highest BCUT2D eigenvalue weighted by molar-refractivity contribution is 6.38. The van der Waals surface area contributed by atoms with E-state index in [-0.39, 0.29) is 42.2 Å². The Kier molecular flexibility index (Phi) is 11.4. The number of amides is 4. The smallest absolute Gasteiger partial charge is 0.289 e. The summed E-state index contributed by atoms with van der Waals surface area (Å²) in [6.45, 7) is 5.57. The molecule has 0 aromatic heterocycles. The number of rotatable bonds is 11. The minimum atomic E-state index is -1.10. The standard InChI is InChI=1S/C36H49ClFN5O6/c1-35(2,3)31(41-29(44)16-21-9-7-5-6-8-10-21)34(48)43-20-36(18-27(42-49-36)23-13-14-25(38)24(37)17-23)19-28(43)32(46)40-26(15-22-11-12-22)30(45)33(47)39-4/h13-14,17,21-22,26,28,31H,5-12,15-16,18-20H2,1-4H3,(H,39,47)(H,40,46)(H,41,44)/t26-,28-,31+,36+/m0/s1. The van der Waals surface area contributed by atoms with Crippen LogP contribution in [0.2, 0.25) is 5.02 Å². The largest absolute Gasteiger partial charge is 0.387 e. The zero-order chi connectivity index (χ0) is 35.5. The number of benzene rings is 1. The molecule has 49 heavy (non-hydrogen) atoms. The van der Waals surface area contributed by atoms with Gasteiger partial charge >= 0.3 is 0 Å². The van der Waals surface area contributed by atoms with Crippen molar-refractivity contribution in [3.63, 3.8) is 0 Å². The van der Waals surface area contributed by atoms with Gasteiger partial charge in [0.1, 0.15) is 17.9 Å². The molecule has 0 unspecified atom stereocenters. The van der Waals surface area contributed by atoms with Crippen molar-refractivity contribution in [3.05, 3.63) is 34.6 Å². The summed E-state index contributed by atoms with van der Waals surface area (Å²) in [4.78, 5) is 74.9. The highest BCUT2D eigenvalue weighted by Crippen LogP contribution is 2.41. The van der Waals surface area contributed by atoms with Gasteiger partial charge in [-0.3, -0.25) is 24.0 Å². The molecule has 3 N–H and O–H groups in total. The number of Topliss-reactive ketones (excluding diaryl/α,β-unsaturated/α-hetero) is 1. The van der Waals surface area contributed by atoms with Crippen molar-refractivity contribution in [1.29, 1.82) is 0 Å². The lowest BCUT2D eigenvalue weighted by Crippen LogP contribution is -2.59. The number of oxime groups is 1. The summed E-state index contributed by atoms with van der Waals surface area (Å²) in [5.74, 6) is -2.89. The van der Waals surface area contributed by atoms with Crippen LogP contribution in [0, 0.1) is 23.1 Å². The third-order valence-corrected chi connectivity index (χ3v) is 10.6. The number of likely N-dealkylation sites (N-methyl/N-ethyl adjacent to an activating group) is 1. The fourth-order valence-electron chi connectivity index (χ4n) is 7.29. The third-order valence-electron chi connectivity index (χ3n) is 10.3. The second-order valence-corrected chi connectivity index (χ2v) is 15.8. The molecule has 2 aliphatic heterocycles. The Morgan fingerprint density at radius 3 is 2.35 bits per heavy atom. The second-order valence-electron chi connectivity index (χ2n) is 15.4. The van der Waals surface area contributed by atoms with Gasteiger partial charge in [-0.05, 0) is 48.6 Å². The van der Waals surface area contributed by atoms with E-state index in [0.717, 1.165) is 38.5 Å². The number of likely N-dealkylation sites (tertiary alicyclic amines) is 1. The van der Waals surface area contributed by atoms with Crippen molar-refractivity contribution < 1.29 is 33.2 Å². The second kappa shape index (κ2) is 15.1. The topological polar surface area (TPSA) is 146 Å². The van der Waals surface area contributed by atoms with Gasteiger partial charge in [-0.15, -0.1) is 0 Å². The first kappa shape index (κ1) is 36.7. The molecule has 1 saturated heterocycles. The minimum Gasteiger partial charge on any atom is -0.387 e. The van der Waals surface area contributed by atoms with E-state index in [4.69, 9.17) is 16.4 Å². The molecular weight excluding hydrogens is 653 g/mol. The zero-order valence-electron chi connectivity index (χ0n) is 28.9. The lowest BCUT2D eigenvalue weighted by molar-refractivity contribution is -0.145. The van der Waals surface area contributed by atoms with Gasteiger partial charge in [0.05, 0.1) is 23.3 Å². The molecule has 2 aliphatic carbocycles. The molecule has 268 valence electrons. The average Bonchev–Trinajstić information content (AvgIpc) is 3.74. The van der Waals surface area contributed by atoms with Crippen LogP contribution in [-0.4, -0.2) is 77.3 Å². The number of halogens is 2. The van der Waals surface area contributed by atoms with Gasteiger partial charge in [-0.2, -0.15) is 0 Å². The van der Waals surface area contributed by atoms with Gasteiger partial charge in [0.25, 0.3) is 5.91 Å². The number of carbonyl (C=O) groups is 5. The molecule has 2 heterocycles. The quantitative estimate of drug-likeness (QED) is 0.230. The van der Waals surface area contributed by atoms with Crippen LogP contribution in [0.1, 0.15) is 103 Å². The highest BCUT2D eigenvalue weighted by atomic mass is 35.5. The van der Waals surface area contributed by atoms with Crippen molar-refractivity contribution in [2.75, 3.05) is 13.6 Å². The maximum Gasteiger partial charge on any atom is 0.289 e. The summed E-state index contributed by atoms with van der Waals surface area (Å²) in [7, 11) is 1.36. The van der Waals surface area contributed by atoms with Crippen molar-refractivity contribution >= 4 is 46.7 Å². The molecule has 5 rings (SSSR count). The van der Waals surface area contributed by atoms with Crippen LogP contribution in [0.3, 0.4) is 0 Å². The summed E-state index contributed by atoms with van der Waals surface area (Å²) in [6.07, 6.45) is 9.18. The molecule has 1 aromatic rings. The fraction of sp³-hybridized carbons (Fsp3) is 0.667. The molecule has 4 aliphatic rings. The Bertz CT molecular complexity index is 1480. The van der Waals surface area contributed by atoms with Crippen molar-refractivity contribution in [2.45, 2.75) is 122 Å². The van der Waals surface area contributed by atoms with E-state index in [2.05, 4.69) is 21.1 Å². The Morgan fingerprint density at radius 1 is 1.04 bits per heavy atom. The van der Waals surface area contributed by atoms with E-state index in [1.807, 2.05) is 20.8 Å². The summed E-state index contributed by atoms with van der Waals surface area (Å²) in [5.41, 5.74) is -0.772. The van der Waals surface area contributed by atoms with Gasteiger partial charge < -0.3 is 25.7 Å². The lowest BCUT2D eigenvalue weighted by Gasteiger charge is -2.36. The first-order chi connectivity index (χ1) is 23.2. The summed E-state index contributed by atoms with van der Waals surface area (Å²) in [5, 5.41) is 12.4. The van der Waals surface area contributed by atoms with Crippen molar-refractivity contribution in [1.82, 2.24) is 20.9 Å². The van der Waals surface area contributed by atoms with Gasteiger partial charge in [0.2, 0.25) is 23.5 Å². The predicted octanol–water partition coefficient (Wildman–Crippen LogP) is 4.43. The number of hydrogen-bond acceptors (Lipinski definition) is 7. The van der Waals surface area contributed by atoms with Crippen LogP contribution < -0.4 is 16.0 Å². The maximum absolute atomic E-state index is 14.6. The first-order valence-corrected chi connectivity index (χ1v) is 17.9. The van der Waals surface area contributed by atoms with Crippen LogP contribution in [-0.2, 0) is 28.8 Å².